The zero-order valence-corrected chi connectivity index (χ0v) is 25.1. The SMILES string of the molecule is CCOC(=O)c1csc(-n2nc(-c3ccc(F)c(-c4ccc(C)cc4)c3)c(Cc3ccc([SH+](=O)[O-])c(F)c3)c2C2CC2)n1. The molecule has 1 aliphatic rings. The predicted octanol–water partition coefficient (Wildman–Crippen LogP) is 7.08. The third-order valence-electron chi connectivity index (χ3n) is 7.34. The van der Waals surface area contributed by atoms with Crippen LogP contribution in [-0.2, 0) is 26.4 Å². The fourth-order valence-electron chi connectivity index (χ4n) is 5.09. The van der Waals surface area contributed by atoms with Gasteiger partial charge in [-0.15, -0.1) is 15.5 Å². The molecule has 220 valence electrons. The van der Waals surface area contributed by atoms with Crippen molar-refractivity contribution in [3.8, 4) is 27.5 Å². The number of benzene rings is 3. The molecule has 2 heterocycles. The van der Waals surface area contributed by atoms with Crippen LogP contribution in [0.3, 0.4) is 0 Å². The zero-order chi connectivity index (χ0) is 30.2. The molecule has 1 fully saturated rings. The Hall–Kier alpha value is -4.06. The number of carbonyl (C=O) groups excluding carboxylic acids is 1. The van der Waals surface area contributed by atoms with Crippen LogP contribution in [0.1, 0.15) is 58.6 Å². The van der Waals surface area contributed by atoms with E-state index in [0.717, 1.165) is 35.2 Å². The second-order valence-electron chi connectivity index (χ2n) is 10.4. The summed E-state index contributed by atoms with van der Waals surface area (Å²) >= 11 is -1.82. The number of esters is 1. The Morgan fingerprint density at radius 2 is 1.81 bits per heavy atom. The van der Waals surface area contributed by atoms with E-state index < -0.39 is 22.9 Å². The number of halogens is 2. The summed E-state index contributed by atoms with van der Waals surface area (Å²) in [6.07, 6.45) is 2.08. The lowest BCUT2D eigenvalue weighted by molar-refractivity contribution is 0.0520. The van der Waals surface area contributed by atoms with E-state index >= 15 is 4.39 Å². The van der Waals surface area contributed by atoms with E-state index in [1.54, 1.807) is 35.2 Å². The van der Waals surface area contributed by atoms with Crippen molar-refractivity contribution in [2.75, 3.05) is 6.61 Å². The Bertz CT molecular complexity index is 1860. The molecule has 1 unspecified atom stereocenters. The lowest BCUT2D eigenvalue weighted by Crippen LogP contribution is -2.07. The third kappa shape index (κ3) is 5.93. The average Bonchev–Trinajstić information content (AvgIpc) is 3.57. The van der Waals surface area contributed by atoms with Crippen molar-refractivity contribution in [1.29, 1.82) is 0 Å². The summed E-state index contributed by atoms with van der Waals surface area (Å²) < 4.78 is 59.6. The van der Waals surface area contributed by atoms with E-state index in [-0.39, 0.29) is 35.4 Å². The Morgan fingerprint density at radius 3 is 2.49 bits per heavy atom. The van der Waals surface area contributed by atoms with Gasteiger partial charge in [-0.3, -0.25) is 0 Å². The molecule has 6 rings (SSSR count). The van der Waals surface area contributed by atoms with E-state index in [9.17, 15) is 17.9 Å². The van der Waals surface area contributed by atoms with Crippen LogP contribution in [0, 0.1) is 18.6 Å². The van der Waals surface area contributed by atoms with Gasteiger partial charge in [-0.1, -0.05) is 35.9 Å². The third-order valence-corrected chi connectivity index (χ3v) is 8.91. The van der Waals surface area contributed by atoms with Crippen molar-refractivity contribution in [3.05, 3.63) is 106 Å². The van der Waals surface area contributed by atoms with Crippen LogP contribution in [-0.4, -0.2) is 31.9 Å². The van der Waals surface area contributed by atoms with E-state index in [0.29, 0.717) is 27.5 Å². The number of carbonyl (C=O) groups is 1. The smallest absolute Gasteiger partial charge is 0.357 e. The van der Waals surface area contributed by atoms with Gasteiger partial charge in [0.2, 0.25) is 5.13 Å². The van der Waals surface area contributed by atoms with Crippen molar-refractivity contribution in [2.24, 2.45) is 0 Å². The Labute approximate surface area is 253 Å². The second kappa shape index (κ2) is 11.9. The molecule has 1 saturated carbocycles. The molecule has 7 nitrogen and oxygen atoms in total. The summed E-state index contributed by atoms with van der Waals surface area (Å²) in [5, 5.41) is 7.07. The summed E-state index contributed by atoms with van der Waals surface area (Å²) in [5.74, 6) is -1.57. The predicted molar refractivity (Wildman–Crippen MR) is 160 cm³/mol. The molecule has 0 bridgehead atoms. The molecule has 1 aliphatic carbocycles. The van der Waals surface area contributed by atoms with E-state index in [1.807, 2.05) is 31.2 Å². The summed E-state index contributed by atoms with van der Waals surface area (Å²) in [6.45, 7) is 3.91. The first-order valence-corrected chi connectivity index (χ1v) is 15.8. The molecule has 2 aromatic heterocycles. The van der Waals surface area contributed by atoms with Crippen LogP contribution in [0.4, 0.5) is 8.78 Å². The van der Waals surface area contributed by atoms with Gasteiger partial charge >= 0.3 is 5.97 Å². The fourth-order valence-corrected chi connectivity index (χ4v) is 6.28. The molecule has 1 atom stereocenters. The molecular weight excluding hydrogens is 592 g/mol. The first-order valence-electron chi connectivity index (χ1n) is 13.8. The molecule has 3 aromatic carbocycles. The van der Waals surface area contributed by atoms with Crippen molar-refractivity contribution in [3.63, 3.8) is 0 Å². The number of aryl methyl sites for hydroxylation is 1. The number of nitrogens with zero attached hydrogens (tertiary/aromatic N) is 3. The average molecular weight is 620 g/mol. The molecule has 0 aliphatic heterocycles. The standard InChI is InChI=1S/C32H27F2N3O4S2/c1-3-41-31(38)27-17-42-32(35-27)37-30(21-9-10-21)24(14-19-6-13-28(43(39)40)26(34)15-19)29(36-37)22-11-12-25(33)23(16-22)20-7-4-18(2)5-8-20/h4-8,11-13,15-17,21,43H,3,9-10,14H2,1-2H3. The molecule has 43 heavy (non-hydrogen) atoms. The monoisotopic (exact) mass is 619 g/mol. The number of hydrogen-bond acceptors (Lipinski definition) is 7. The van der Waals surface area contributed by atoms with Crippen LogP contribution in [0.2, 0.25) is 0 Å². The van der Waals surface area contributed by atoms with Crippen LogP contribution in [0.5, 0.6) is 0 Å². The molecular formula is C32H27F2N3O4S2. The molecule has 0 saturated heterocycles. The minimum Gasteiger partial charge on any atom is -0.612 e. The summed E-state index contributed by atoms with van der Waals surface area (Å²) in [6, 6.07) is 16.5. The number of thiazole rings is 1. The summed E-state index contributed by atoms with van der Waals surface area (Å²) in [7, 11) is 0. The van der Waals surface area contributed by atoms with Crippen LogP contribution in [0.15, 0.2) is 70.9 Å². The topological polar surface area (TPSA) is 97.1 Å². The van der Waals surface area contributed by atoms with Crippen LogP contribution in [0.25, 0.3) is 27.5 Å². The lowest BCUT2D eigenvalue weighted by Gasteiger charge is -2.10. The van der Waals surface area contributed by atoms with Gasteiger partial charge in [0.05, 0.1) is 29.1 Å². The Morgan fingerprint density at radius 1 is 1.07 bits per heavy atom. The molecule has 0 radical (unpaired) electrons. The number of rotatable bonds is 9. The van der Waals surface area contributed by atoms with Gasteiger partial charge in [-0.25, -0.2) is 23.2 Å². The normalized spacial score (nSPS) is 13.7. The largest absolute Gasteiger partial charge is 0.612 e. The lowest BCUT2D eigenvalue weighted by atomic mass is 9.95. The van der Waals surface area contributed by atoms with Crippen molar-refractivity contribution >= 4 is 28.4 Å². The van der Waals surface area contributed by atoms with Gasteiger partial charge in [-0.05, 0) is 68.1 Å². The molecule has 11 heteroatoms. The van der Waals surface area contributed by atoms with Crippen molar-refractivity contribution in [1.82, 2.24) is 14.8 Å². The van der Waals surface area contributed by atoms with Crippen molar-refractivity contribution < 1.29 is 27.1 Å². The van der Waals surface area contributed by atoms with E-state index in [1.165, 1.54) is 29.5 Å². The molecule has 5 aromatic rings. The van der Waals surface area contributed by atoms with Gasteiger partial charge in [-0.2, -0.15) is 5.10 Å². The number of aromatic nitrogens is 3. The minimum atomic E-state index is -3.07. The van der Waals surface area contributed by atoms with E-state index in [4.69, 9.17) is 9.84 Å². The number of hydrogen-bond donors (Lipinski definition) is 0. The van der Waals surface area contributed by atoms with Crippen LogP contribution >= 0.6 is 11.3 Å². The highest BCUT2D eigenvalue weighted by atomic mass is 32.2. The first kappa shape index (κ1) is 29.0. The van der Waals surface area contributed by atoms with Crippen LogP contribution < -0.4 is 0 Å². The van der Waals surface area contributed by atoms with Crippen molar-refractivity contribution in [2.45, 2.75) is 43.9 Å². The zero-order valence-electron chi connectivity index (χ0n) is 23.3. The van der Waals surface area contributed by atoms with Gasteiger partial charge in [0.25, 0.3) is 0 Å². The number of thiol groups is 1. The van der Waals surface area contributed by atoms with E-state index in [2.05, 4.69) is 4.98 Å². The molecule has 0 amide bonds. The maximum absolute atomic E-state index is 15.1. The molecule has 0 N–H and O–H groups in total. The highest BCUT2D eigenvalue weighted by molar-refractivity contribution is 7.79. The highest BCUT2D eigenvalue weighted by Gasteiger charge is 2.34. The summed E-state index contributed by atoms with van der Waals surface area (Å²) in [5.41, 5.74) is 5.84. The quantitative estimate of drug-likeness (QED) is 0.0994. The Kier molecular flexibility index (Phi) is 8.04. The first-order chi connectivity index (χ1) is 20.7. The second-order valence-corrected chi connectivity index (χ2v) is 12.2. The minimum absolute atomic E-state index is 0.156. The molecule has 0 spiro atoms. The van der Waals surface area contributed by atoms with Gasteiger partial charge in [0, 0.05) is 34.4 Å². The van der Waals surface area contributed by atoms with Gasteiger partial charge in [0.15, 0.2) is 16.4 Å². The van der Waals surface area contributed by atoms with Gasteiger partial charge in [0.1, 0.15) is 5.82 Å². The Balaban J connectivity index is 1.52. The number of ether oxygens (including phenoxy) is 1. The van der Waals surface area contributed by atoms with Gasteiger partial charge < -0.3 is 9.29 Å². The maximum Gasteiger partial charge on any atom is 0.357 e. The highest BCUT2D eigenvalue weighted by Crippen LogP contribution is 2.46. The summed E-state index contributed by atoms with van der Waals surface area (Å²) in [4.78, 5) is 16.5. The fraction of sp³-hybridized carbons (Fsp3) is 0.219. The maximum atomic E-state index is 15.1.